The largest absolute Gasteiger partial charge is 0.352 e. The molecule has 8 heteroatoms. The van der Waals surface area contributed by atoms with E-state index in [0.717, 1.165) is 55.8 Å². The minimum absolute atomic E-state index is 0.724. The molecule has 6 rings (SSSR count). The molecule has 6 heterocycles. The van der Waals surface area contributed by atoms with Gasteiger partial charge in [-0.1, -0.05) is 0 Å². The van der Waals surface area contributed by atoms with E-state index in [-0.39, 0.29) is 0 Å². The van der Waals surface area contributed by atoms with E-state index in [1.165, 1.54) is 0 Å². The van der Waals surface area contributed by atoms with Crippen LogP contribution in [0.2, 0.25) is 0 Å². The fraction of sp³-hybridized carbons (Fsp3) is 0. The Morgan fingerprint density at radius 3 is 2.76 bits per heavy atom. The van der Waals surface area contributed by atoms with Crippen molar-refractivity contribution in [3.63, 3.8) is 0 Å². The van der Waals surface area contributed by atoms with Crippen LogP contribution in [0.5, 0.6) is 0 Å². The van der Waals surface area contributed by atoms with Gasteiger partial charge >= 0.3 is 0 Å². The summed E-state index contributed by atoms with van der Waals surface area (Å²) in [5.41, 5.74) is 8.00. The summed E-state index contributed by atoms with van der Waals surface area (Å²) in [7, 11) is 0. The van der Waals surface area contributed by atoms with Crippen molar-refractivity contribution < 1.29 is 0 Å². The van der Waals surface area contributed by atoms with Crippen molar-refractivity contribution in [1.82, 2.24) is 35.1 Å². The molecule has 0 bridgehead atoms. The Morgan fingerprint density at radius 2 is 1.90 bits per heavy atom. The number of hydrogen-bond acceptors (Lipinski definition) is 6. The first-order valence-corrected chi connectivity index (χ1v) is 9.92. The maximum Gasteiger partial charge on any atom is 0.135 e. The average molecular weight is 395 g/mol. The molecular formula is C21H13N7S. The zero-order chi connectivity index (χ0) is 19.2. The van der Waals surface area contributed by atoms with Gasteiger partial charge < -0.3 is 4.98 Å². The van der Waals surface area contributed by atoms with Crippen molar-refractivity contribution in [2.75, 3.05) is 0 Å². The number of fused-ring (bicyclic) bond motifs is 2. The number of aromatic amines is 2. The van der Waals surface area contributed by atoms with Gasteiger partial charge in [-0.15, -0.1) is 0 Å². The topological polar surface area (TPSA) is 96.0 Å². The molecule has 0 aromatic carbocycles. The van der Waals surface area contributed by atoms with Gasteiger partial charge in [-0.25, -0.2) is 4.98 Å². The molecule has 0 aliphatic rings. The third-order valence-corrected chi connectivity index (χ3v) is 5.55. The van der Waals surface area contributed by atoms with Crippen molar-refractivity contribution >= 4 is 33.3 Å². The van der Waals surface area contributed by atoms with Crippen molar-refractivity contribution in [3.05, 3.63) is 66.0 Å². The molecule has 6 aromatic heterocycles. The minimum atomic E-state index is 0.724. The average Bonchev–Trinajstić information content (AvgIpc) is 3.52. The molecule has 0 atom stereocenters. The summed E-state index contributed by atoms with van der Waals surface area (Å²) < 4.78 is 0. The van der Waals surface area contributed by atoms with Crippen molar-refractivity contribution in [3.8, 4) is 33.9 Å². The minimum Gasteiger partial charge on any atom is -0.352 e. The molecule has 2 N–H and O–H groups in total. The summed E-state index contributed by atoms with van der Waals surface area (Å²) in [6, 6.07) is 8.09. The van der Waals surface area contributed by atoms with E-state index in [1.807, 2.05) is 24.5 Å². The Morgan fingerprint density at radius 1 is 0.897 bits per heavy atom. The van der Waals surface area contributed by atoms with Crippen LogP contribution in [0.1, 0.15) is 0 Å². The van der Waals surface area contributed by atoms with Gasteiger partial charge in [0.1, 0.15) is 16.9 Å². The Balaban J connectivity index is 1.53. The summed E-state index contributed by atoms with van der Waals surface area (Å²) in [5.74, 6) is 0. The number of rotatable bonds is 3. The van der Waals surface area contributed by atoms with Crippen LogP contribution in [-0.2, 0) is 0 Å². The first kappa shape index (κ1) is 16.1. The lowest BCUT2D eigenvalue weighted by molar-refractivity contribution is 1.12. The third-order valence-electron chi connectivity index (χ3n) is 4.87. The predicted molar refractivity (Wildman–Crippen MR) is 113 cm³/mol. The van der Waals surface area contributed by atoms with Crippen LogP contribution in [0, 0.1) is 0 Å². The fourth-order valence-electron chi connectivity index (χ4n) is 3.49. The van der Waals surface area contributed by atoms with Crippen molar-refractivity contribution in [2.45, 2.75) is 0 Å². The molecule has 0 radical (unpaired) electrons. The highest BCUT2D eigenvalue weighted by atomic mass is 32.1. The lowest BCUT2D eigenvalue weighted by atomic mass is 10.1. The van der Waals surface area contributed by atoms with Crippen LogP contribution in [0.25, 0.3) is 55.8 Å². The van der Waals surface area contributed by atoms with E-state index in [9.17, 15) is 0 Å². The predicted octanol–water partition coefficient (Wildman–Crippen LogP) is 4.69. The lowest BCUT2D eigenvalue weighted by Gasteiger charge is -1.99. The van der Waals surface area contributed by atoms with Crippen LogP contribution in [0.3, 0.4) is 0 Å². The van der Waals surface area contributed by atoms with Crippen LogP contribution < -0.4 is 0 Å². The molecule has 0 unspecified atom stereocenters. The Bertz CT molecular complexity index is 1450. The molecule has 0 saturated heterocycles. The highest BCUT2D eigenvalue weighted by Crippen LogP contribution is 2.34. The molecule has 0 amide bonds. The highest BCUT2D eigenvalue weighted by Gasteiger charge is 2.16. The second kappa shape index (κ2) is 6.32. The van der Waals surface area contributed by atoms with Crippen LogP contribution in [-0.4, -0.2) is 35.1 Å². The number of pyridine rings is 2. The molecule has 0 aliphatic heterocycles. The number of aromatic nitrogens is 7. The second-order valence-corrected chi connectivity index (χ2v) is 7.38. The van der Waals surface area contributed by atoms with Gasteiger partial charge in [0.05, 0.1) is 34.8 Å². The fourth-order valence-corrected chi connectivity index (χ4v) is 4.14. The van der Waals surface area contributed by atoms with E-state index in [1.54, 1.807) is 29.9 Å². The van der Waals surface area contributed by atoms with Gasteiger partial charge in [-0.3, -0.25) is 20.1 Å². The summed E-state index contributed by atoms with van der Waals surface area (Å²) in [6.07, 6.45) is 8.75. The normalized spacial score (nSPS) is 11.4. The highest BCUT2D eigenvalue weighted by molar-refractivity contribution is 7.08. The number of hydrogen-bond donors (Lipinski definition) is 2. The summed E-state index contributed by atoms with van der Waals surface area (Å²) in [4.78, 5) is 21.1. The van der Waals surface area contributed by atoms with Gasteiger partial charge in [0, 0.05) is 29.5 Å². The van der Waals surface area contributed by atoms with Gasteiger partial charge in [-0.05, 0) is 40.6 Å². The third kappa shape index (κ3) is 2.61. The van der Waals surface area contributed by atoms with E-state index in [2.05, 4.69) is 53.0 Å². The van der Waals surface area contributed by atoms with Crippen LogP contribution >= 0.6 is 11.3 Å². The standard InChI is InChI=1S/C21H13N7S/c1-2-16-20(26-15(1)19-10-22-4-5-24-19)21(28-27-16)17-7-13-14(12-3-6-29-11-12)8-23-9-18(13)25-17/h1-11,25H,(H,27,28). The van der Waals surface area contributed by atoms with Crippen LogP contribution in [0.4, 0.5) is 0 Å². The van der Waals surface area contributed by atoms with Gasteiger partial charge in [0.15, 0.2) is 0 Å². The van der Waals surface area contributed by atoms with Crippen molar-refractivity contribution in [1.29, 1.82) is 0 Å². The lowest BCUT2D eigenvalue weighted by Crippen LogP contribution is -1.89. The Hall–Kier alpha value is -3.91. The number of nitrogens with zero attached hydrogens (tertiary/aromatic N) is 5. The van der Waals surface area contributed by atoms with E-state index >= 15 is 0 Å². The number of nitrogens with one attached hydrogen (secondary N) is 2. The molecule has 0 spiro atoms. The quantitative estimate of drug-likeness (QED) is 0.453. The molecule has 7 nitrogen and oxygen atoms in total. The monoisotopic (exact) mass is 395 g/mol. The van der Waals surface area contributed by atoms with Gasteiger partial charge in [0.25, 0.3) is 0 Å². The zero-order valence-corrected chi connectivity index (χ0v) is 15.8. The van der Waals surface area contributed by atoms with Crippen molar-refractivity contribution in [2.24, 2.45) is 0 Å². The Labute approximate surface area is 168 Å². The molecule has 0 aliphatic carbocycles. The summed E-state index contributed by atoms with van der Waals surface area (Å²) >= 11 is 1.67. The summed E-state index contributed by atoms with van der Waals surface area (Å²) in [6.45, 7) is 0. The molecule has 0 saturated carbocycles. The Kier molecular flexibility index (Phi) is 3.50. The van der Waals surface area contributed by atoms with E-state index in [0.29, 0.717) is 0 Å². The maximum absolute atomic E-state index is 4.79. The number of H-pyrrole nitrogens is 2. The molecule has 0 fully saturated rings. The molecule has 29 heavy (non-hydrogen) atoms. The first-order chi connectivity index (χ1) is 14.4. The molecular weight excluding hydrogens is 382 g/mol. The number of thiophene rings is 1. The summed E-state index contributed by atoms with van der Waals surface area (Å²) in [5, 5.41) is 12.9. The second-order valence-electron chi connectivity index (χ2n) is 6.60. The van der Waals surface area contributed by atoms with Gasteiger partial charge in [0.2, 0.25) is 0 Å². The van der Waals surface area contributed by atoms with Crippen LogP contribution in [0.15, 0.2) is 66.0 Å². The van der Waals surface area contributed by atoms with Gasteiger partial charge in [-0.2, -0.15) is 16.4 Å². The maximum atomic E-state index is 4.79. The van der Waals surface area contributed by atoms with E-state index < -0.39 is 0 Å². The van der Waals surface area contributed by atoms with E-state index in [4.69, 9.17) is 4.98 Å². The molecule has 6 aromatic rings. The molecule has 138 valence electrons. The smallest absolute Gasteiger partial charge is 0.135 e. The first-order valence-electron chi connectivity index (χ1n) is 8.98. The SMILES string of the molecule is c1cnc(-c2ccc3[nH]nc(-c4cc5c(-c6ccsc6)cncc5[nH]4)c3n2)cn1. The zero-order valence-electron chi connectivity index (χ0n) is 15.0.